The molecule has 1 aliphatic rings. The van der Waals surface area contributed by atoms with E-state index < -0.39 is 0 Å². The van der Waals surface area contributed by atoms with Gasteiger partial charge in [0, 0.05) is 10.5 Å². The lowest BCUT2D eigenvalue weighted by Crippen LogP contribution is -2.31. The van der Waals surface area contributed by atoms with Crippen molar-refractivity contribution in [1.82, 2.24) is 5.32 Å². The smallest absolute Gasteiger partial charge is 0.0374 e. The Morgan fingerprint density at radius 1 is 1.06 bits per heavy atom. The third-order valence-corrected chi connectivity index (χ3v) is 4.25. The summed E-state index contributed by atoms with van der Waals surface area (Å²) < 4.78 is 1.23. The van der Waals surface area contributed by atoms with Gasteiger partial charge in [-0.05, 0) is 42.1 Å². The van der Waals surface area contributed by atoms with E-state index in [1.165, 1.54) is 21.2 Å². The van der Waals surface area contributed by atoms with Gasteiger partial charge in [0.15, 0.2) is 0 Å². The summed E-state index contributed by atoms with van der Waals surface area (Å²) in [4.78, 5) is 0. The highest BCUT2D eigenvalue weighted by Crippen LogP contribution is 2.32. The molecule has 2 aromatic rings. The van der Waals surface area contributed by atoms with Crippen molar-refractivity contribution < 1.29 is 0 Å². The minimum atomic E-state index is 0.423. The minimum absolute atomic E-state index is 0.423. The summed E-state index contributed by atoms with van der Waals surface area (Å²) in [6.45, 7) is 1.07. The van der Waals surface area contributed by atoms with Crippen LogP contribution >= 0.6 is 15.9 Å². The molecule has 0 saturated heterocycles. The van der Waals surface area contributed by atoms with E-state index in [1.54, 1.807) is 0 Å². The molecule has 0 saturated carbocycles. The number of nitrogens with one attached hydrogen (secondary N) is 1. The lowest BCUT2D eigenvalue weighted by molar-refractivity contribution is 0.500. The molecule has 2 aromatic carbocycles. The molecular weight excluding hydrogens is 286 g/mol. The van der Waals surface area contributed by atoms with Crippen LogP contribution < -0.4 is 5.32 Å². The first-order chi connectivity index (χ1) is 8.84. The van der Waals surface area contributed by atoms with Crippen LogP contribution in [0.2, 0.25) is 0 Å². The Balaban J connectivity index is 1.92. The molecule has 3 rings (SSSR count). The predicted molar refractivity (Wildman–Crippen MR) is 78.7 cm³/mol. The van der Waals surface area contributed by atoms with Crippen LogP contribution in [0, 0.1) is 0 Å². The molecule has 1 aliphatic heterocycles. The Bertz CT molecular complexity index is 536. The van der Waals surface area contributed by atoms with Crippen LogP contribution in [0.5, 0.6) is 0 Å². The summed E-state index contributed by atoms with van der Waals surface area (Å²) in [6.07, 6.45) is 2.18. The monoisotopic (exact) mass is 301 g/mol. The van der Waals surface area contributed by atoms with Crippen LogP contribution in [0.25, 0.3) is 0 Å². The van der Waals surface area contributed by atoms with Crippen molar-refractivity contribution in [3.05, 3.63) is 69.7 Å². The van der Waals surface area contributed by atoms with Crippen molar-refractivity contribution in [2.75, 3.05) is 6.54 Å². The fourth-order valence-electron chi connectivity index (χ4n) is 2.70. The summed E-state index contributed by atoms with van der Waals surface area (Å²) in [5.74, 6) is 0. The Morgan fingerprint density at radius 2 is 1.89 bits per heavy atom. The van der Waals surface area contributed by atoms with Crippen LogP contribution in [-0.2, 0) is 12.8 Å². The van der Waals surface area contributed by atoms with Crippen molar-refractivity contribution >= 4 is 15.9 Å². The number of rotatable bonds is 2. The number of fused-ring (bicyclic) bond motifs is 1. The number of hydrogen-bond acceptors (Lipinski definition) is 1. The van der Waals surface area contributed by atoms with Gasteiger partial charge in [-0.3, -0.25) is 0 Å². The van der Waals surface area contributed by atoms with Crippen LogP contribution in [0.3, 0.4) is 0 Å². The molecule has 18 heavy (non-hydrogen) atoms. The van der Waals surface area contributed by atoms with Crippen LogP contribution in [-0.4, -0.2) is 6.54 Å². The standard InChI is InChI=1S/C16H16BrN/c17-14-8-4-7-13-9-10-18-15(16(13)14)11-12-5-2-1-3-6-12/h1-8,15,18H,9-11H2. The third-order valence-electron chi connectivity index (χ3n) is 3.56. The first-order valence-electron chi connectivity index (χ1n) is 6.39. The largest absolute Gasteiger partial charge is 0.309 e. The highest BCUT2D eigenvalue weighted by Gasteiger charge is 2.21. The molecule has 0 aromatic heterocycles. The molecule has 1 atom stereocenters. The average molecular weight is 302 g/mol. The molecule has 1 heterocycles. The first kappa shape index (κ1) is 11.9. The molecule has 0 aliphatic carbocycles. The van der Waals surface area contributed by atoms with E-state index >= 15 is 0 Å². The van der Waals surface area contributed by atoms with E-state index in [2.05, 4.69) is 69.8 Å². The molecule has 0 bridgehead atoms. The molecule has 0 spiro atoms. The number of halogens is 1. The fraction of sp³-hybridized carbons (Fsp3) is 0.250. The molecule has 92 valence electrons. The van der Waals surface area contributed by atoms with Crippen LogP contribution in [0.15, 0.2) is 53.0 Å². The third kappa shape index (κ3) is 2.36. The van der Waals surface area contributed by atoms with E-state index in [4.69, 9.17) is 0 Å². The lowest BCUT2D eigenvalue weighted by Gasteiger charge is -2.28. The van der Waals surface area contributed by atoms with Gasteiger partial charge in [0.05, 0.1) is 0 Å². The SMILES string of the molecule is Brc1cccc2c1C(Cc1ccccc1)NCC2. The maximum absolute atomic E-state index is 3.70. The fourth-order valence-corrected chi connectivity index (χ4v) is 3.38. The molecule has 1 N–H and O–H groups in total. The Labute approximate surface area is 116 Å². The minimum Gasteiger partial charge on any atom is -0.309 e. The lowest BCUT2D eigenvalue weighted by atomic mass is 9.90. The highest BCUT2D eigenvalue weighted by atomic mass is 79.9. The second-order valence-electron chi connectivity index (χ2n) is 4.76. The molecule has 0 fully saturated rings. The van der Waals surface area contributed by atoms with Crippen LogP contribution in [0.1, 0.15) is 22.7 Å². The van der Waals surface area contributed by atoms with Gasteiger partial charge in [-0.25, -0.2) is 0 Å². The zero-order chi connectivity index (χ0) is 12.4. The van der Waals surface area contributed by atoms with Gasteiger partial charge < -0.3 is 5.32 Å². The first-order valence-corrected chi connectivity index (χ1v) is 7.18. The van der Waals surface area contributed by atoms with Gasteiger partial charge in [-0.2, -0.15) is 0 Å². The molecule has 0 radical (unpaired) electrons. The van der Waals surface area contributed by atoms with Gasteiger partial charge >= 0.3 is 0 Å². The topological polar surface area (TPSA) is 12.0 Å². The maximum Gasteiger partial charge on any atom is 0.0374 e. The molecule has 0 amide bonds. The maximum atomic E-state index is 3.70. The molecule has 1 nitrogen and oxygen atoms in total. The van der Waals surface area contributed by atoms with Gasteiger partial charge in [0.2, 0.25) is 0 Å². The Morgan fingerprint density at radius 3 is 2.72 bits per heavy atom. The van der Waals surface area contributed by atoms with Gasteiger partial charge in [0.25, 0.3) is 0 Å². The summed E-state index contributed by atoms with van der Waals surface area (Å²) in [6, 6.07) is 17.6. The Kier molecular flexibility index (Phi) is 3.48. The van der Waals surface area contributed by atoms with E-state index in [0.717, 1.165) is 19.4 Å². The molecule has 2 heteroatoms. The van der Waals surface area contributed by atoms with Crippen molar-refractivity contribution in [2.45, 2.75) is 18.9 Å². The van der Waals surface area contributed by atoms with Gasteiger partial charge in [-0.15, -0.1) is 0 Å². The summed E-state index contributed by atoms with van der Waals surface area (Å²) >= 11 is 3.70. The van der Waals surface area contributed by atoms with Crippen LogP contribution in [0.4, 0.5) is 0 Å². The van der Waals surface area contributed by atoms with Crippen molar-refractivity contribution in [3.8, 4) is 0 Å². The predicted octanol–water partition coefficient (Wildman–Crippen LogP) is 3.88. The summed E-state index contributed by atoms with van der Waals surface area (Å²) in [5.41, 5.74) is 4.30. The second-order valence-corrected chi connectivity index (χ2v) is 5.61. The normalized spacial score (nSPS) is 18.4. The second kappa shape index (κ2) is 5.25. The Hall–Kier alpha value is -1.12. The van der Waals surface area contributed by atoms with Crippen molar-refractivity contribution in [2.24, 2.45) is 0 Å². The average Bonchev–Trinajstić information content (AvgIpc) is 2.40. The van der Waals surface area contributed by atoms with Crippen molar-refractivity contribution in [1.29, 1.82) is 0 Å². The quantitative estimate of drug-likeness (QED) is 0.888. The van der Waals surface area contributed by atoms with E-state index in [9.17, 15) is 0 Å². The zero-order valence-electron chi connectivity index (χ0n) is 10.2. The van der Waals surface area contributed by atoms with E-state index in [-0.39, 0.29) is 0 Å². The zero-order valence-corrected chi connectivity index (χ0v) is 11.8. The molecular formula is C16H16BrN. The number of hydrogen-bond donors (Lipinski definition) is 1. The molecule has 1 unspecified atom stereocenters. The van der Waals surface area contributed by atoms with E-state index in [1.807, 2.05) is 0 Å². The summed E-state index contributed by atoms with van der Waals surface area (Å²) in [5, 5.41) is 3.63. The van der Waals surface area contributed by atoms with Crippen molar-refractivity contribution in [3.63, 3.8) is 0 Å². The van der Waals surface area contributed by atoms with E-state index in [0.29, 0.717) is 6.04 Å². The van der Waals surface area contributed by atoms with Gasteiger partial charge in [0.1, 0.15) is 0 Å². The number of benzene rings is 2. The highest BCUT2D eigenvalue weighted by molar-refractivity contribution is 9.10. The van der Waals surface area contributed by atoms with Gasteiger partial charge in [-0.1, -0.05) is 58.4 Å². The summed E-state index contributed by atoms with van der Waals surface area (Å²) in [7, 11) is 0.